The highest BCUT2D eigenvalue weighted by Crippen LogP contribution is 2.30. The maximum absolute atomic E-state index is 12.8. The average Bonchev–Trinajstić information content (AvgIpc) is 3.18. The summed E-state index contributed by atoms with van der Waals surface area (Å²) >= 11 is 0. The van der Waals surface area contributed by atoms with Gasteiger partial charge in [0.15, 0.2) is 0 Å². The first kappa shape index (κ1) is 32.4. The predicted molar refractivity (Wildman–Crippen MR) is 148 cm³/mol. The molecule has 4 amide bonds. The predicted octanol–water partition coefficient (Wildman–Crippen LogP) is 3.21. The van der Waals surface area contributed by atoms with Crippen LogP contribution >= 0.6 is 0 Å². The highest BCUT2D eigenvalue weighted by atomic mass is 16.2. The lowest BCUT2D eigenvalue weighted by Crippen LogP contribution is -2.39. The van der Waals surface area contributed by atoms with Gasteiger partial charge in [0.25, 0.3) is 11.8 Å². The second kappa shape index (κ2) is 14.5. The Balaban J connectivity index is 1.66. The number of hydrogen-bond acceptors (Lipinski definition) is 6. The Morgan fingerprint density at radius 1 is 0.897 bits per heavy atom. The first-order valence-corrected chi connectivity index (χ1v) is 14.4. The van der Waals surface area contributed by atoms with Crippen molar-refractivity contribution in [3.8, 4) is 0 Å². The lowest BCUT2D eigenvalue weighted by atomic mass is 9.81. The van der Waals surface area contributed by atoms with E-state index in [0.717, 1.165) is 25.7 Å². The molecule has 0 saturated heterocycles. The summed E-state index contributed by atoms with van der Waals surface area (Å²) < 4.78 is 0. The molecular weight excluding hydrogens is 498 g/mol. The highest BCUT2D eigenvalue weighted by Gasteiger charge is 2.32. The molecule has 0 bridgehead atoms. The molecule has 1 fully saturated rings. The van der Waals surface area contributed by atoms with Crippen molar-refractivity contribution in [3.63, 3.8) is 0 Å². The largest absolute Gasteiger partial charge is 0.356 e. The summed E-state index contributed by atoms with van der Waals surface area (Å²) in [5.74, 6) is -1.50. The Morgan fingerprint density at radius 3 is 2.00 bits per heavy atom. The van der Waals surface area contributed by atoms with Gasteiger partial charge in [-0.15, -0.1) is 0 Å². The average molecular weight is 546 g/mol. The molecular formula is C30H47N3O6. The summed E-state index contributed by atoms with van der Waals surface area (Å²) in [4.78, 5) is 75.2. The van der Waals surface area contributed by atoms with Crippen molar-refractivity contribution in [1.29, 1.82) is 0 Å². The summed E-state index contributed by atoms with van der Waals surface area (Å²) in [6, 6.07) is 0. The number of nitrogens with one attached hydrogen (secondary N) is 2. The molecule has 218 valence electrons. The fourth-order valence-electron chi connectivity index (χ4n) is 5.01. The maximum atomic E-state index is 12.8. The van der Waals surface area contributed by atoms with Crippen molar-refractivity contribution in [2.45, 2.75) is 86.5 Å². The van der Waals surface area contributed by atoms with Crippen LogP contribution in [0.5, 0.6) is 0 Å². The van der Waals surface area contributed by atoms with Gasteiger partial charge in [0.2, 0.25) is 11.8 Å². The molecule has 0 aromatic rings. The standard InChI is InChI=1S/C30H47N3O6/c1-19(2)23(17-24(34)20(3)16-25(35)30(4,5)6)29(39)32-15-7-14-31-28(38)22-10-8-21(9-11-22)18-33-26(36)12-13-27(33)37/h12-13,19-23H,7-11,14-18H2,1-6H3,(H,31,38)(H,32,39)/t20-,21?,22?,23+/m0/s1. The topological polar surface area (TPSA) is 130 Å². The molecule has 0 unspecified atom stereocenters. The van der Waals surface area contributed by atoms with Crippen molar-refractivity contribution in [1.82, 2.24) is 15.5 Å². The van der Waals surface area contributed by atoms with Crippen molar-refractivity contribution in [2.24, 2.45) is 35.0 Å². The molecule has 9 nitrogen and oxygen atoms in total. The van der Waals surface area contributed by atoms with Gasteiger partial charge in [0, 0.05) is 67.8 Å². The molecule has 1 heterocycles. The first-order valence-electron chi connectivity index (χ1n) is 14.4. The second-order valence-electron chi connectivity index (χ2n) is 12.6. The monoisotopic (exact) mass is 545 g/mol. The zero-order valence-corrected chi connectivity index (χ0v) is 24.5. The van der Waals surface area contributed by atoms with Gasteiger partial charge in [0.1, 0.15) is 11.6 Å². The number of Topliss-reactive ketones (excluding diaryl/α,β-unsaturated/α-hetero) is 2. The van der Waals surface area contributed by atoms with Crippen LogP contribution < -0.4 is 10.6 Å². The van der Waals surface area contributed by atoms with E-state index in [9.17, 15) is 28.8 Å². The number of imide groups is 1. The molecule has 2 N–H and O–H groups in total. The van der Waals surface area contributed by atoms with Gasteiger partial charge >= 0.3 is 0 Å². The van der Waals surface area contributed by atoms with Gasteiger partial charge in [0.05, 0.1) is 0 Å². The zero-order chi connectivity index (χ0) is 29.3. The van der Waals surface area contributed by atoms with E-state index in [4.69, 9.17) is 0 Å². The van der Waals surface area contributed by atoms with Crippen molar-refractivity contribution in [3.05, 3.63) is 12.2 Å². The van der Waals surface area contributed by atoms with Crippen LogP contribution in [0.3, 0.4) is 0 Å². The van der Waals surface area contributed by atoms with Gasteiger partial charge < -0.3 is 10.6 Å². The van der Waals surface area contributed by atoms with Gasteiger partial charge in [-0.3, -0.25) is 33.7 Å². The quantitative estimate of drug-likeness (QED) is 0.255. The summed E-state index contributed by atoms with van der Waals surface area (Å²) in [7, 11) is 0. The summed E-state index contributed by atoms with van der Waals surface area (Å²) in [6.45, 7) is 12.3. The van der Waals surface area contributed by atoms with E-state index in [2.05, 4.69) is 10.6 Å². The molecule has 0 aromatic heterocycles. The first-order chi connectivity index (χ1) is 18.2. The van der Waals surface area contributed by atoms with E-state index in [0.29, 0.717) is 26.1 Å². The molecule has 1 aliphatic carbocycles. The Morgan fingerprint density at radius 2 is 1.46 bits per heavy atom. The number of rotatable bonds is 14. The fraction of sp³-hybridized carbons (Fsp3) is 0.733. The van der Waals surface area contributed by atoms with Gasteiger partial charge in [-0.05, 0) is 43.9 Å². The third-order valence-corrected chi connectivity index (χ3v) is 7.95. The van der Waals surface area contributed by atoms with Gasteiger partial charge in [-0.25, -0.2) is 0 Å². The van der Waals surface area contributed by atoms with Crippen molar-refractivity contribution in [2.75, 3.05) is 19.6 Å². The minimum atomic E-state index is -0.493. The van der Waals surface area contributed by atoms with Crippen LogP contribution in [0.15, 0.2) is 12.2 Å². The third-order valence-electron chi connectivity index (χ3n) is 7.95. The number of hydrogen-bond donors (Lipinski definition) is 2. The van der Waals surface area contributed by atoms with Crippen molar-refractivity contribution < 1.29 is 28.8 Å². The SMILES string of the molecule is CC(C)[C@@H](CC(=O)[C@@H](C)CC(=O)C(C)(C)C)C(=O)NCCCNC(=O)C1CCC(CN2C(=O)C=CC2=O)CC1. The number of ketones is 2. The smallest absolute Gasteiger partial charge is 0.253 e. The van der Waals surface area contributed by atoms with Crippen LogP contribution in [0.25, 0.3) is 0 Å². The minimum Gasteiger partial charge on any atom is -0.356 e. The Labute approximate surface area is 232 Å². The normalized spacial score (nSPS) is 21.2. The Bertz CT molecular complexity index is 938. The number of nitrogens with zero attached hydrogens (tertiary/aromatic N) is 1. The lowest BCUT2D eigenvalue weighted by Gasteiger charge is -2.30. The van der Waals surface area contributed by atoms with Crippen LogP contribution in [0.1, 0.15) is 86.5 Å². The molecule has 2 rings (SSSR count). The fourth-order valence-corrected chi connectivity index (χ4v) is 5.01. The number of carbonyl (C=O) groups excluding carboxylic acids is 6. The number of carbonyl (C=O) groups is 6. The lowest BCUT2D eigenvalue weighted by molar-refractivity contribution is -0.138. The van der Waals surface area contributed by atoms with Crippen LogP contribution in [-0.2, 0) is 28.8 Å². The summed E-state index contributed by atoms with van der Waals surface area (Å²) in [5.41, 5.74) is -0.493. The van der Waals surface area contributed by atoms with Crippen LogP contribution in [0, 0.1) is 35.0 Å². The van der Waals surface area contributed by atoms with E-state index in [-0.39, 0.29) is 65.8 Å². The molecule has 2 atom stereocenters. The van der Waals surface area contributed by atoms with E-state index in [1.165, 1.54) is 17.1 Å². The van der Waals surface area contributed by atoms with Crippen LogP contribution in [0.4, 0.5) is 0 Å². The van der Waals surface area contributed by atoms with Crippen LogP contribution in [-0.4, -0.2) is 59.7 Å². The van der Waals surface area contributed by atoms with E-state index >= 15 is 0 Å². The molecule has 0 radical (unpaired) electrons. The third kappa shape index (κ3) is 10.0. The van der Waals surface area contributed by atoms with E-state index in [1.54, 1.807) is 6.92 Å². The van der Waals surface area contributed by atoms with E-state index in [1.807, 2.05) is 34.6 Å². The zero-order valence-electron chi connectivity index (χ0n) is 24.5. The van der Waals surface area contributed by atoms with Gasteiger partial charge in [-0.2, -0.15) is 0 Å². The molecule has 39 heavy (non-hydrogen) atoms. The molecule has 9 heteroatoms. The molecule has 1 aliphatic heterocycles. The summed E-state index contributed by atoms with van der Waals surface area (Å²) in [5, 5.41) is 5.85. The number of amides is 4. The summed E-state index contributed by atoms with van der Waals surface area (Å²) in [6.07, 6.45) is 6.50. The molecule has 2 aliphatic rings. The van der Waals surface area contributed by atoms with Crippen molar-refractivity contribution >= 4 is 35.2 Å². The van der Waals surface area contributed by atoms with Crippen LogP contribution in [0.2, 0.25) is 0 Å². The Hall–Kier alpha value is -2.84. The van der Waals surface area contributed by atoms with Gasteiger partial charge in [-0.1, -0.05) is 41.5 Å². The molecule has 0 spiro atoms. The second-order valence-corrected chi connectivity index (χ2v) is 12.6. The van der Waals surface area contributed by atoms with E-state index < -0.39 is 17.3 Å². The minimum absolute atomic E-state index is 0.000728. The molecule has 1 saturated carbocycles. The maximum Gasteiger partial charge on any atom is 0.253 e. The molecule has 0 aromatic carbocycles. The highest BCUT2D eigenvalue weighted by molar-refractivity contribution is 6.12. The Kier molecular flexibility index (Phi) is 12.1.